The van der Waals surface area contributed by atoms with Crippen LogP contribution in [-0.4, -0.2) is 46.6 Å². The summed E-state index contributed by atoms with van der Waals surface area (Å²) in [6.07, 6.45) is 9.04. The van der Waals surface area contributed by atoms with Crippen molar-refractivity contribution >= 4 is 12.2 Å². The van der Waals surface area contributed by atoms with Crippen LogP contribution >= 0.6 is 0 Å². The smallest absolute Gasteiger partial charge is 0.239 e. The molecule has 0 aliphatic rings. The molecule has 0 amide bonds. The van der Waals surface area contributed by atoms with Crippen molar-refractivity contribution in [3.8, 4) is 22.8 Å². The molecule has 0 atom stereocenters. The third kappa shape index (κ3) is 9.52. The number of aldehydes is 1. The average Bonchev–Trinajstić information content (AvgIpc) is 3.68. The topological polar surface area (TPSA) is 152 Å². The highest BCUT2D eigenvalue weighted by Crippen LogP contribution is 2.14. The highest BCUT2D eigenvalue weighted by Gasteiger charge is 2.06. The summed E-state index contributed by atoms with van der Waals surface area (Å²) in [5, 5.41) is 13.5. The summed E-state index contributed by atoms with van der Waals surface area (Å²) in [5.41, 5.74) is 8.68. The first-order chi connectivity index (χ1) is 20.0. The number of nitrogen functional groups attached to an aromatic ring is 1. The number of aromatic amines is 2. The lowest BCUT2D eigenvalue weighted by Gasteiger charge is -1.98. The van der Waals surface area contributed by atoms with Crippen LogP contribution in [0, 0.1) is 11.6 Å². The Labute approximate surface area is 241 Å². The second kappa shape index (κ2) is 15.8. The number of halogens is 2. The highest BCUT2D eigenvalue weighted by atomic mass is 19.1. The first-order valence-corrected chi connectivity index (χ1v) is 12.4. The largest absolute Gasteiger partial charge is 0.366 e. The van der Waals surface area contributed by atoms with Gasteiger partial charge in [0.05, 0.1) is 0 Å². The fourth-order valence-corrected chi connectivity index (χ4v) is 3.39. The molecule has 0 spiro atoms. The van der Waals surface area contributed by atoms with Gasteiger partial charge in [0.25, 0.3) is 0 Å². The lowest BCUT2D eigenvalue weighted by molar-refractivity contribution is 0.112. The number of carbonyl (C=O) groups is 1. The second-order valence-electron chi connectivity index (χ2n) is 8.43. The number of H-pyrrole nitrogens is 2. The number of nitrogens with zero attached hydrogens (tertiary/aromatic N) is 6. The van der Waals surface area contributed by atoms with E-state index in [0.29, 0.717) is 23.5 Å². The number of pyridine rings is 2. The Hall–Kier alpha value is -5.65. The van der Waals surface area contributed by atoms with Gasteiger partial charge in [0.2, 0.25) is 5.95 Å². The van der Waals surface area contributed by atoms with Crippen molar-refractivity contribution in [2.24, 2.45) is 0 Å². The minimum absolute atomic E-state index is 0. The van der Waals surface area contributed by atoms with Gasteiger partial charge in [-0.05, 0) is 72.6 Å². The van der Waals surface area contributed by atoms with Gasteiger partial charge >= 0.3 is 0 Å². The molecular formula is C30H29F2N9O. The number of aryl methyl sites for hydroxylation is 2. The Bertz CT molecular complexity index is 1620. The van der Waals surface area contributed by atoms with E-state index >= 15 is 0 Å². The number of nitrogens with two attached hydrogens (primary N) is 1. The van der Waals surface area contributed by atoms with Crippen LogP contribution in [0.25, 0.3) is 22.8 Å². The highest BCUT2D eigenvalue weighted by molar-refractivity contribution is 5.74. The number of rotatable bonds is 6. The van der Waals surface area contributed by atoms with Crippen molar-refractivity contribution in [1.82, 2.24) is 40.3 Å². The molecule has 0 aliphatic carbocycles. The summed E-state index contributed by atoms with van der Waals surface area (Å²) >= 11 is 0. The van der Waals surface area contributed by atoms with Crippen LogP contribution in [0.3, 0.4) is 0 Å². The molecule has 2 aromatic carbocycles. The molecule has 4 heterocycles. The number of hydrogen-bond acceptors (Lipinski definition) is 8. The average molecular weight is 570 g/mol. The SMILES string of the molecule is C.Fc1ccc(CCc2nc(-c3cccnc3)n[nH]2)cc1.Nc1n[nH]c(-c2cccnc2)n1.O=Cc1ccc(F)cc1. The first kappa shape index (κ1) is 30.9. The lowest BCUT2D eigenvalue weighted by atomic mass is 10.1. The Balaban J connectivity index is 0.000000188. The number of nitrogens with one attached hydrogen (secondary N) is 2. The number of anilines is 1. The molecule has 6 rings (SSSR count). The van der Waals surface area contributed by atoms with Gasteiger partial charge in [-0.1, -0.05) is 19.6 Å². The predicted molar refractivity (Wildman–Crippen MR) is 156 cm³/mol. The fourth-order valence-electron chi connectivity index (χ4n) is 3.39. The summed E-state index contributed by atoms with van der Waals surface area (Å²) in [6, 6.07) is 19.4. The molecule has 0 bridgehead atoms. The van der Waals surface area contributed by atoms with Crippen molar-refractivity contribution in [2.45, 2.75) is 20.3 Å². The number of benzene rings is 2. The molecule has 0 radical (unpaired) electrons. The molecule has 4 aromatic heterocycles. The van der Waals surface area contributed by atoms with E-state index in [0.717, 1.165) is 35.4 Å². The minimum atomic E-state index is -0.319. The Morgan fingerprint density at radius 2 is 1.36 bits per heavy atom. The molecule has 6 aromatic rings. The predicted octanol–water partition coefficient (Wildman–Crippen LogP) is 5.51. The lowest BCUT2D eigenvalue weighted by Crippen LogP contribution is -1.93. The van der Waals surface area contributed by atoms with Gasteiger partial charge in [0.1, 0.15) is 23.7 Å². The van der Waals surface area contributed by atoms with Crippen LogP contribution in [0.1, 0.15) is 29.2 Å². The Morgan fingerprint density at radius 3 is 1.90 bits per heavy atom. The van der Waals surface area contributed by atoms with Crippen LogP contribution in [-0.2, 0) is 12.8 Å². The summed E-state index contributed by atoms with van der Waals surface area (Å²) in [7, 11) is 0. The van der Waals surface area contributed by atoms with Gasteiger partial charge in [0.15, 0.2) is 11.6 Å². The van der Waals surface area contributed by atoms with Gasteiger partial charge < -0.3 is 5.73 Å². The zero-order chi connectivity index (χ0) is 28.9. The van der Waals surface area contributed by atoms with E-state index in [-0.39, 0.29) is 25.0 Å². The van der Waals surface area contributed by atoms with E-state index in [4.69, 9.17) is 5.73 Å². The molecule has 0 aliphatic heterocycles. The quantitative estimate of drug-likeness (QED) is 0.222. The van der Waals surface area contributed by atoms with Crippen molar-refractivity contribution < 1.29 is 13.6 Å². The van der Waals surface area contributed by atoms with Crippen molar-refractivity contribution in [3.63, 3.8) is 0 Å². The molecule has 0 saturated heterocycles. The standard InChI is InChI=1S/C15H13FN4.C7H5FO.C7H7N5.CH4/c16-13-6-3-11(4-7-13)5-8-14-18-15(20-19-14)12-2-1-9-17-10-12;8-7-3-1-6(5-9)2-4-7;8-7-10-6(11-12-7)5-2-1-3-9-4-5;/h1-4,6-7,9-10H,5,8H2,(H,18,19,20);1-5H;1-4H,(H3,8,10,11,12);1H4. The summed E-state index contributed by atoms with van der Waals surface area (Å²) in [5.74, 6) is 1.81. The van der Waals surface area contributed by atoms with E-state index in [2.05, 4.69) is 40.3 Å². The van der Waals surface area contributed by atoms with Gasteiger partial charge in [-0.25, -0.2) is 13.8 Å². The van der Waals surface area contributed by atoms with Gasteiger partial charge in [-0.3, -0.25) is 25.0 Å². The van der Waals surface area contributed by atoms with E-state index in [1.807, 2.05) is 24.3 Å². The van der Waals surface area contributed by atoms with Crippen molar-refractivity contribution in [1.29, 1.82) is 0 Å². The van der Waals surface area contributed by atoms with Crippen LogP contribution in [0.15, 0.2) is 97.6 Å². The maximum Gasteiger partial charge on any atom is 0.239 e. The molecule has 0 fully saturated rings. The van der Waals surface area contributed by atoms with Crippen LogP contribution in [0.4, 0.5) is 14.7 Å². The Kier molecular flexibility index (Phi) is 11.6. The van der Waals surface area contributed by atoms with E-state index < -0.39 is 0 Å². The molecule has 42 heavy (non-hydrogen) atoms. The van der Waals surface area contributed by atoms with E-state index in [1.54, 1.807) is 36.9 Å². The number of hydrogen-bond donors (Lipinski definition) is 3. The molecule has 4 N–H and O–H groups in total. The summed E-state index contributed by atoms with van der Waals surface area (Å²) in [6.45, 7) is 0. The molecule has 0 saturated carbocycles. The van der Waals surface area contributed by atoms with Gasteiger partial charge in [-0.2, -0.15) is 10.1 Å². The summed E-state index contributed by atoms with van der Waals surface area (Å²) < 4.78 is 24.9. The van der Waals surface area contributed by atoms with Crippen molar-refractivity contribution in [2.75, 3.05) is 5.73 Å². The molecule has 0 unspecified atom stereocenters. The first-order valence-electron chi connectivity index (χ1n) is 12.4. The monoisotopic (exact) mass is 569 g/mol. The number of carbonyl (C=O) groups excluding carboxylic acids is 1. The van der Waals surface area contributed by atoms with E-state index in [9.17, 15) is 13.6 Å². The minimum Gasteiger partial charge on any atom is -0.366 e. The third-order valence-electron chi connectivity index (χ3n) is 5.46. The maximum atomic E-state index is 12.8. The third-order valence-corrected chi connectivity index (χ3v) is 5.46. The number of aromatic nitrogens is 8. The Morgan fingerprint density at radius 1 is 0.738 bits per heavy atom. The summed E-state index contributed by atoms with van der Waals surface area (Å²) in [4.78, 5) is 26.4. The zero-order valence-corrected chi connectivity index (χ0v) is 21.7. The van der Waals surface area contributed by atoms with Crippen molar-refractivity contribution in [3.05, 3.63) is 126 Å². The van der Waals surface area contributed by atoms with Crippen LogP contribution in [0.5, 0.6) is 0 Å². The molecule has 214 valence electrons. The van der Waals surface area contributed by atoms with Crippen LogP contribution in [0.2, 0.25) is 0 Å². The van der Waals surface area contributed by atoms with Gasteiger partial charge in [0, 0.05) is 47.9 Å². The molecule has 12 heteroatoms. The molecule has 10 nitrogen and oxygen atoms in total. The maximum absolute atomic E-state index is 12.8. The van der Waals surface area contributed by atoms with E-state index in [1.165, 1.54) is 36.4 Å². The van der Waals surface area contributed by atoms with Gasteiger partial charge in [-0.15, -0.1) is 5.10 Å². The fraction of sp³-hybridized carbons (Fsp3) is 0.100. The normalized spacial score (nSPS) is 9.86. The van der Waals surface area contributed by atoms with Crippen LogP contribution < -0.4 is 5.73 Å². The molecular weight excluding hydrogens is 540 g/mol. The zero-order valence-electron chi connectivity index (χ0n) is 21.7. The second-order valence-corrected chi connectivity index (χ2v) is 8.43.